The summed E-state index contributed by atoms with van der Waals surface area (Å²) in [6.07, 6.45) is -0.882. The molecule has 1 heterocycles. The van der Waals surface area contributed by atoms with Crippen LogP contribution in [0.3, 0.4) is 0 Å². The highest BCUT2D eigenvalue weighted by molar-refractivity contribution is 6.05. The van der Waals surface area contributed by atoms with Crippen molar-refractivity contribution < 1.29 is 14.3 Å². The van der Waals surface area contributed by atoms with E-state index >= 15 is 0 Å². The Balaban J connectivity index is 1.93. The van der Waals surface area contributed by atoms with Crippen LogP contribution < -0.4 is 5.32 Å². The molecular formula is C17H15NO3. The predicted molar refractivity (Wildman–Crippen MR) is 79.1 cm³/mol. The molecule has 1 unspecified atom stereocenters. The van der Waals surface area contributed by atoms with Gasteiger partial charge in [0.25, 0.3) is 5.91 Å². The number of hydrogen-bond donors (Lipinski definition) is 1. The highest BCUT2D eigenvalue weighted by atomic mass is 16.5. The first-order valence-electron chi connectivity index (χ1n) is 6.75. The highest BCUT2D eigenvalue weighted by Crippen LogP contribution is 2.38. The van der Waals surface area contributed by atoms with Gasteiger partial charge >= 0.3 is 5.97 Å². The Morgan fingerprint density at radius 1 is 1.05 bits per heavy atom. The van der Waals surface area contributed by atoms with Crippen molar-refractivity contribution in [1.29, 1.82) is 0 Å². The molecule has 2 aromatic carbocycles. The Labute approximate surface area is 122 Å². The minimum atomic E-state index is -0.882. The van der Waals surface area contributed by atoms with Crippen LogP contribution in [0.5, 0.6) is 0 Å². The largest absolute Gasteiger partial charge is 0.444 e. The number of ether oxygens (including phenoxy) is 1. The molecule has 0 saturated heterocycles. The van der Waals surface area contributed by atoms with Crippen LogP contribution >= 0.6 is 0 Å². The summed E-state index contributed by atoms with van der Waals surface area (Å²) in [5, 5.41) is 2.80. The first-order chi connectivity index (χ1) is 10.1. The van der Waals surface area contributed by atoms with Gasteiger partial charge in [-0.15, -0.1) is 0 Å². The first-order valence-corrected chi connectivity index (χ1v) is 6.75. The number of rotatable bonds is 2. The Bertz CT molecular complexity index is 722. The van der Waals surface area contributed by atoms with E-state index in [4.69, 9.17) is 4.74 Å². The average molecular weight is 281 g/mol. The number of amides is 1. The van der Waals surface area contributed by atoms with Crippen LogP contribution in [0.1, 0.15) is 33.2 Å². The van der Waals surface area contributed by atoms with Gasteiger partial charge in [-0.25, -0.2) is 4.79 Å². The standard InChI is InChI=1S/C17H15NO3/c1-10-8-9-11(2)14-13(10)15(16(19)18-14)21-17(20)12-6-4-3-5-7-12/h3-9,15H,1-2H3,(H,18,19). The van der Waals surface area contributed by atoms with Gasteiger partial charge in [0.05, 0.1) is 11.3 Å². The molecule has 4 nitrogen and oxygen atoms in total. The average Bonchev–Trinajstić information content (AvgIpc) is 2.82. The zero-order valence-corrected chi connectivity index (χ0v) is 11.8. The second-order valence-electron chi connectivity index (χ2n) is 5.13. The van der Waals surface area contributed by atoms with Crippen LogP contribution in [0.2, 0.25) is 0 Å². The summed E-state index contributed by atoms with van der Waals surface area (Å²) in [4.78, 5) is 24.3. The van der Waals surface area contributed by atoms with E-state index in [1.165, 1.54) is 0 Å². The van der Waals surface area contributed by atoms with E-state index in [9.17, 15) is 9.59 Å². The third kappa shape index (κ3) is 2.29. The van der Waals surface area contributed by atoms with E-state index in [0.29, 0.717) is 5.56 Å². The number of esters is 1. The summed E-state index contributed by atoms with van der Waals surface area (Å²) >= 11 is 0. The lowest BCUT2D eigenvalue weighted by molar-refractivity contribution is -0.124. The minimum absolute atomic E-state index is 0.299. The Kier molecular flexibility index (Phi) is 3.22. The van der Waals surface area contributed by atoms with Crippen molar-refractivity contribution in [2.45, 2.75) is 20.0 Å². The number of carbonyl (C=O) groups excluding carboxylic acids is 2. The number of anilines is 1. The van der Waals surface area contributed by atoms with Gasteiger partial charge in [0.15, 0.2) is 0 Å². The van der Waals surface area contributed by atoms with Crippen LogP contribution in [0.15, 0.2) is 42.5 Å². The van der Waals surface area contributed by atoms with Crippen molar-refractivity contribution in [3.63, 3.8) is 0 Å². The second kappa shape index (κ2) is 5.05. The molecule has 2 aromatic rings. The SMILES string of the molecule is Cc1ccc(C)c2c1NC(=O)C2OC(=O)c1ccccc1. The third-order valence-electron chi connectivity index (χ3n) is 3.65. The van der Waals surface area contributed by atoms with Crippen LogP contribution in [-0.4, -0.2) is 11.9 Å². The molecule has 4 heteroatoms. The van der Waals surface area contributed by atoms with Gasteiger partial charge in [-0.3, -0.25) is 4.79 Å². The van der Waals surface area contributed by atoms with Crippen molar-refractivity contribution in [2.75, 3.05) is 5.32 Å². The maximum absolute atomic E-state index is 12.2. The molecule has 0 bridgehead atoms. The minimum Gasteiger partial charge on any atom is -0.444 e. The van der Waals surface area contributed by atoms with Crippen molar-refractivity contribution in [1.82, 2.24) is 0 Å². The summed E-state index contributed by atoms with van der Waals surface area (Å²) in [7, 11) is 0. The monoisotopic (exact) mass is 281 g/mol. The first kappa shape index (κ1) is 13.4. The van der Waals surface area contributed by atoms with Crippen molar-refractivity contribution in [3.05, 3.63) is 64.7 Å². The molecule has 1 atom stereocenters. The molecule has 0 spiro atoms. The number of benzene rings is 2. The molecule has 0 fully saturated rings. The summed E-state index contributed by atoms with van der Waals surface area (Å²) in [5.41, 5.74) is 3.83. The van der Waals surface area contributed by atoms with E-state index in [1.54, 1.807) is 24.3 Å². The second-order valence-corrected chi connectivity index (χ2v) is 5.13. The number of hydrogen-bond acceptors (Lipinski definition) is 3. The lowest BCUT2D eigenvalue weighted by atomic mass is 10.0. The van der Waals surface area contributed by atoms with Gasteiger partial charge in [0.2, 0.25) is 6.10 Å². The highest BCUT2D eigenvalue weighted by Gasteiger charge is 2.36. The topological polar surface area (TPSA) is 55.4 Å². The van der Waals surface area contributed by atoms with E-state index < -0.39 is 12.1 Å². The fraction of sp³-hybridized carbons (Fsp3) is 0.176. The zero-order valence-electron chi connectivity index (χ0n) is 11.8. The van der Waals surface area contributed by atoms with Crippen molar-refractivity contribution in [3.8, 4) is 0 Å². The fourth-order valence-electron chi connectivity index (χ4n) is 2.52. The quantitative estimate of drug-likeness (QED) is 0.860. The van der Waals surface area contributed by atoms with Crippen LogP contribution in [0.4, 0.5) is 5.69 Å². The predicted octanol–water partition coefficient (Wildman–Crippen LogP) is 3.15. The molecule has 1 aliphatic rings. The molecule has 106 valence electrons. The summed E-state index contributed by atoms with van der Waals surface area (Å²) in [6, 6.07) is 12.5. The zero-order chi connectivity index (χ0) is 15.0. The number of carbonyl (C=O) groups is 2. The van der Waals surface area contributed by atoms with E-state index in [2.05, 4.69) is 5.32 Å². The van der Waals surface area contributed by atoms with Gasteiger partial charge in [-0.2, -0.15) is 0 Å². The molecule has 21 heavy (non-hydrogen) atoms. The van der Waals surface area contributed by atoms with Gasteiger partial charge in [-0.1, -0.05) is 30.3 Å². The molecule has 0 saturated carbocycles. The molecule has 0 aliphatic carbocycles. The molecule has 0 aromatic heterocycles. The third-order valence-corrected chi connectivity index (χ3v) is 3.65. The Morgan fingerprint density at radius 2 is 1.71 bits per heavy atom. The fourth-order valence-corrected chi connectivity index (χ4v) is 2.52. The summed E-state index contributed by atoms with van der Waals surface area (Å²) < 4.78 is 5.42. The maximum Gasteiger partial charge on any atom is 0.339 e. The van der Waals surface area contributed by atoms with Crippen LogP contribution in [0, 0.1) is 13.8 Å². The molecule has 3 rings (SSSR count). The molecule has 1 amide bonds. The van der Waals surface area contributed by atoms with Gasteiger partial charge < -0.3 is 10.1 Å². The van der Waals surface area contributed by atoms with E-state index in [1.807, 2.05) is 32.0 Å². The summed E-state index contributed by atoms with van der Waals surface area (Å²) in [6.45, 7) is 3.82. The number of nitrogens with one attached hydrogen (secondary N) is 1. The number of aryl methyl sites for hydroxylation is 2. The van der Waals surface area contributed by atoms with Gasteiger partial charge in [0.1, 0.15) is 0 Å². The smallest absolute Gasteiger partial charge is 0.339 e. The van der Waals surface area contributed by atoms with Crippen LogP contribution in [-0.2, 0) is 9.53 Å². The van der Waals surface area contributed by atoms with Crippen molar-refractivity contribution >= 4 is 17.6 Å². The lowest BCUT2D eigenvalue weighted by Crippen LogP contribution is -2.19. The molecule has 0 radical (unpaired) electrons. The molecular weight excluding hydrogens is 266 g/mol. The van der Waals surface area contributed by atoms with Crippen molar-refractivity contribution in [2.24, 2.45) is 0 Å². The van der Waals surface area contributed by atoms with Gasteiger partial charge in [0, 0.05) is 5.56 Å². The maximum atomic E-state index is 12.2. The molecule has 1 aliphatic heterocycles. The Morgan fingerprint density at radius 3 is 2.43 bits per heavy atom. The van der Waals surface area contributed by atoms with Gasteiger partial charge in [-0.05, 0) is 37.1 Å². The number of fused-ring (bicyclic) bond motifs is 1. The summed E-state index contributed by atoms with van der Waals surface area (Å²) in [5.74, 6) is -0.795. The van der Waals surface area contributed by atoms with Crippen LogP contribution in [0.25, 0.3) is 0 Å². The van der Waals surface area contributed by atoms with E-state index in [-0.39, 0.29) is 5.91 Å². The Hall–Kier alpha value is -2.62. The molecule has 1 N–H and O–H groups in total. The van der Waals surface area contributed by atoms with E-state index in [0.717, 1.165) is 22.4 Å². The lowest BCUT2D eigenvalue weighted by Gasteiger charge is -2.13. The normalized spacial score (nSPS) is 16.3.